The molecule has 6 N–H and O–H groups in total. The van der Waals surface area contributed by atoms with Crippen molar-refractivity contribution in [1.82, 2.24) is 50.6 Å². The molecule has 2 saturated carbocycles. The first-order valence-corrected chi connectivity index (χ1v) is 32.1. The molecule has 3 aromatic carbocycles. The molecular weight excluding hydrogens is 1200 g/mol. The minimum absolute atomic E-state index is 0.0224. The van der Waals surface area contributed by atoms with Gasteiger partial charge in [0.05, 0.1) is 10.0 Å². The second-order valence-electron chi connectivity index (χ2n) is 25.6. The molecule has 3 aliphatic rings. The third-order valence-electron chi connectivity index (χ3n) is 17.1. The quantitative estimate of drug-likeness (QED) is 0.0444. The second kappa shape index (κ2) is 31.6. The van der Waals surface area contributed by atoms with Gasteiger partial charge in [0.15, 0.2) is 0 Å². The van der Waals surface area contributed by atoms with Crippen LogP contribution >= 0.6 is 23.2 Å². The Morgan fingerprint density at radius 1 is 0.560 bits per heavy atom. The Morgan fingerprint density at radius 3 is 1.36 bits per heavy atom. The monoisotopic (exact) mass is 1280 g/mol. The highest BCUT2D eigenvalue weighted by Crippen LogP contribution is 2.35. The molecule has 10 rings (SSSR count). The number of aromatic nitrogens is 4. The summed E-state index contributed by atoms with van der Waals surface area (Å²) in [5.41, 5.74) is 6.28. The smallest absolute Gasteiger partial charge is 0.410 e. The SMILES string of the molecule is C[C@H](NC(=O)[C@@H]1CC[C@@H](Cc2ccccc2)C1)C(=O)NCc1cnc2c(c1)c(Cl)cn2C.C[C@H](NC(=O)[C@@H]1CC[C@@H](Cc2ccccc2)C1)C(=O)O.C[C@H](NC(=O)[C@H]1C[C@H](Cc2ccccc2)CN1C(=O)OC(C)(C)C)C(=O)NCc1cnc2c(c1)c(Cl)cn2C. The van der Waals surface area contributed by atoms with E-state index in [0.717, 1.165) is 96.5 Å². The largest absolute Gasteiger partial charge is 0.480 e. The number of nitrogens with zero attached hydrogens (tertiary/aromatic N) is 5. The summed E-state index contributed by atoms with van der Waals surface area (Å²) in [6.45, 7) is 11.2. The average molecular weight is 1280 g/mol. The van der Waals surface area contributed by atoms with Crippen molar-refractivity contribution in [2.24, 2.45) is 43.7 Å². The normalized spacial score (nSPS) is 19.6. The van der Waals surface area contributed by atoms with Gasteiger partial charge in [0.2, 0.25) is 29.5 Å². The summed E-state index contributed by atoms with van der Waals surface area (Å²) < 4.78 is 9.30. The molecule has 4 aromatic heterocycles. The van der Waals surface area contributed by atoms with Gasteiger partial charge in [-0.3, -0.25) is 33.7 Å². The van der Waals surface area contributed by atoms with Crippen molar-refractivity contribution >= 4 is 86.9 Å². The predicted molar refractivity (Wildman–Crippen MR) is 353 cm³/mol. The second-order valence-corrected chi connectivity index (χ2v) is 26.5. The van der Waals surface area contributed by atoms with Crippen LogP contribution in [0.15, 0.2) is 128 Å². The molecule has 5 heterocycles. The van der Waals surface area contributed by atoms with Gasteiger partial charge in [0.25, 0.3) is 0 Å². The highest BCUT2D eigenvalue weighted by molar-refractivity contribution is 6.35. The molecule has 0 bridgehead atoms. The van der Waals surface area contributed by atoms with Gasteiger partial charge in [0, 0.05) is 81.1 Å². The first kappa shape index (κ1) is 68.6. The number of carboxylic acid groups (broad SMARTS) is 1. The fourth-order valence-corrected chi connectivity index (χ4v) is 12.8. The fourth-order valence-electron chi connectivity index (χ4n) is 12.2. The molecule has 0 radical (unpaired) electrons. The number of rotatable bonds is 19. The number of likely N-dealkylation sites (tertiary alicyclic amines) is 1. The van der Waals surface area contributed by atoms with Gasteiger partial charge in [-0.15, -0.1) is 0 Å². The molecule has 0 spiro atoms. The van der Waals surface area contributed by atoms with E-state index in [0.29, 0.717) is 41.4 Å². The standard InChI is InChI=1S/C29H36ClN5O4.C25H29ClN4O2.C16H21NO3/c1-18(26(36)32-15-21-12-22-23(30)17-34(5)25(22)31-14-21)33-27(37)24-13-20(11-19-9-7-6-8-10-19)16-35(24)28(38)39-29(2,3)4;1-16(24(31)28-14-19-12-21-22(26)15-30(2)23(21)27-13-19)29-25(32)20-9-8-18(11-20)10-17-6-4-3-5-7-17;1-11(16(19)20)17-15(18)14-8-7-13(10-14)9-12-5-3-2-4-6-12/h6-10,12,14,17-18,20,24H,11,13,15-16H2,1-5H3,(H,32,36)(H,33,37);3-7,12-13,15-16,18,20H,8-11,14H2,1-2H3,(H,28,31)(H,29,32);2-6,11,13-14H,7-10H2,1H3,(H,17,18)(H,19,20)/t18-,20-,24+;16-,18-,20+;11-,13-,14+/m000/s1. The number of carbonyl (C=O) groups is 7. The van der Waals surface area contributed by atoms with Crippen molar-refractivity contribution in [2.75, 3.05) is 6.54 Å². The number of aliphatic carboxylic acids is 1. The molecule has 21 heteroatoms. The third-order valence-corrected chi connectivity index (χ3v) is 17.7. The number of benzene rings is 3. The summed E-state index contributed by atoms with van der Waals surface area (Å²) in [5, 5.41) is 25.7. The molecule has 6 amide bonds. The summed E-state index contributed by atoms with van der Waals surface area (Å²) >= 11 is 12.5. The number of hydrogen-bond donors (Lipinski definition) is 6. The summed E-state index contributed by atoms with van der Waals surface area (Å²) in [6.07, 6.45) is 15.3. The van der Waals surface area contributed by atoms with Crippen molar-refractivity contribution in [3.05, 3.63) is 166 Å². The fraction of sp³-hybridized carbons (Fsp3) is 0.443. The van der Waals surface area contributed by atoms with E-state index >= 15 is 0 Å². The first-order chi connectivity index (χ1) is 43.4. The van der Waals surface area contributed by atoms with Gasteiger partial charge < -0.3 is 45.6 Å². The van der Waals surface area contributed by atoms with Crippen LogP contribution in [-0.4, -0.2) is 107 Å². The topological polar surface area (TPSA) is 248 Å². The zero-order valence-corrected chi connectivity index (χ0v) is 54.7. The molecule has 19 nitrogen and oxygen atoms in total. The van der Waals surface area contributed by atoms with E-state index < -0.39 is 41.8 Å². The Labute approximate surface area is 542 Å². The number of aryl methyl sites for hydroxylation is 2. The minimum Gasteiger partial charge on any atom is -0.480 e. The van der Waals surface area contributed by atoms with E-state index in [2.05, 4.69) is 73.0 Å². The number of amides is 6. The van der Waals surface area contributed by atoms with Crippen LogP contribution in [-0.2, 0) is 80.0 Å². The highest BCUT2D eigenvalue weighted by atomic mass is 35.5. The lowest BCUT2D eigenvalue weighted by molar-refractivity contribution is -0.141. The Morgan fingerprint density at radius 2 is 0.956 bits per heavy atom. The first-order valence-electron chi connectivity index (χ1n) is 31.4. The molecule has 1 saturated heterocycles. The summed E-state index contributed by atoms with van der Waals surface area (Å²) in [4.78, 5) is 97.4. The predicted octanol–water partition coefficient (Wildman–Crippen LogP) is 10.5. The zero-order chi connectivity index (χ0) is 65.5. The zero-order valence-electron chi connectivity index (χ0n) is 53.2. The van der Waals surface area contributed by atoms with Crippen molar-refractivity contribution in [1.29, 1.82) is 0 Å². The molecule has 3 fully saturated rings. The van der Waals surface area contributed by atoms with E-state index in [1.54, 1.807) is 53.2 Å². The van der Waals surface area contributed by atoms with E-state index in [9.17, 15) is 33.6 Å². The number of carbonyl (C=O) groups excluding carboxylic acids is 6. The van der Waals surface area contributed by atoms with Crippen LogP contribution in [0.2, 0.25) is 10.0 Å². The van der Waals surface area contributed by atoms with E-state index in [1.165, 1.54) is 23.0 Å². The maximum Gasteiger partial charge on any atom is 0.410 e. The number of pyridine rings is 2. The van der Waals surface area contributed by atoms with Crippen LogP contribution in [0.25, 0.3) is 22.1 Å². The Bertz CT molecular complexity index is 3650. The van der Waals surface area contributed by atoms with Crippen LogP contribution in [0.1, 0.15) is 114 Å². The number of hydrogen-bond acceptors (Lipinski definition) is 10. The highest BCUT2D eigenvalue weighted by Gasteiger charge is 2.42. The number of nitrogens with one attached hydrogen (secondary N) is 5. The van der Waals surface area contributed by atoms with Crippen molar-refractivity contribution in [3.8, 4) is 0 Å². The van der Waals surface area contributed by atoms with Crippen LogP contribution in [0, 0.1) is 29.6 Å². The van der Waals surface area contributed by atoms with Gasteiger partial charge in [0.1, 0.15) is 41.1 Å². The average Bonchev–Trinajstić information content (AvgIpc) is 2.58. The Kier molecular flexibility index (Phi) is 23.9. The van der Waals surface area contributed by atoms with E-state index in [4.69, 9.17) is 33.0 Å². The summed E-state index contributed by atoms with van der Waals surface area (Å²) in [7, 11) is 3.76. The maximum absolute atomic E-state index is 13.3. The van der Waals surface area contributed by atoms with Crippen molar-refractivity contribution in [3.63, 3.8) is 0 Å². The number of ether oxygens (including phenoxy) is 1. The van der Waals surface area contributed by atoms with Gasteiger partial charge in [-0.25, -0.2) is 14.8 Å². The van der Waals surface area contributed by atoms with Crippen molar-refractivity contribution < 1.29 is 43.4 Å². The summed E-state index contributed by atoms with van der Waals surface area (Å²) in [5.74, 6) is -0.990. The lowest BCUT2D eigenvalue weighted by atomic mass is 9.96. The van der Waals surface area contributed by atoms with Crippen LogP contribution in [0.5, 0.6) is 0 Å². The van der Waals surface area contributed by atoms with Crippen LogP contribution in [0.3, 0.4) is 0 Å². The molecule has 7 aromatic rings. The van der Waals surface area contributed by atoms with Gasteiger partial charge >= 0.3 is 12.1 Å². The number of fused-ring (bicyclic) bond motifs is 2. The third kappa shape index (κ3) is 19.6. The molecule has 0 unspecified atom stereocenters. The molecule has 1 aliphatic heterocycles. The van der Waals surface area contributed by atoms with Gasteiger partial charge in [-0.05, 0) is 163 Å². The van der Waals surface area contributed by atoms with Crippen LogP contribution in [0.4, 0.5) is 4.79 Å². The Hall–Kier alpha value is -8.29. The molecular formula is C70H86Cl2N10O9. The van der Waals surface area contributed by atoms with Crippen molar-refractivity contribution in [2.45, 2.75) is 149 Å². The lowest BCUT2D eigenvalue weighted by Crippen LogP contribution is -2.52. The van der Waals surface area contributed by atoms with E-state index in [1.807, 2.05) is 96.2 Å². The molecule has 2 aliphatic carbocycles. The van der Waals surface area contributed by atoms with Gasteiger partial charge in [-0.2, -0.15) is 0 Å². The molecule has 91 heavy (non-hydrogen) atoms. The minimum atomic E-state index is -0.989. The maximum atomic E-state index is 13.3. The number of carboxylic acids is 1. The van der Waals surface area contributed by atoms with Crippen LogP contribution < -0.4 is 26.6 Å². The summed E-state index contributed by atoms with van der Waals surface area (Å²) in [6, 6.07) is 31.6. The number of halogens is 2. The lowest BCUT2D eigenvalue weighted by Gasteiger charge is -2.28. The van der Waals surface area contributed by atoms with E-state index in [-0.39, 0.29) is 53.8 Å². The molecule has 484 valence electrons. The van der Waals surface area contributed by atoms with Gasteiger partial charge in [-0.1, -0.05) is 114 Å². The molecule has 9 atom stereocenters. The Balaban J connectivity index is 0.000000185.